The standard InChI is InChI=1S/C32H30N4O3S2/c1-23-10-15-29-30(20-23)40-32(34-29)25-11-13-27(14-12-25)33-31(37)26-8-5-9-28(21-26)41(38,39)36-18-16-35(17-19-36)22-24-6-3-2-4-7-24/h2-15,20-21H,16-19,22H2,1H3,(H,33,37). The maximum Gasteiger partial charge on any atom is 0.255 e. The number of hydrogen-bond donors (Lipinski definition) is 1. The van der Waals surface area contributed by atoms with Crippen molar-refractivity contribution in [3.8, 4) is 10.6 Å². The van der Waals surface area contributed by atoms with E-state index in [1.807, 2.05) is 48.5 Å². The molecule has 208 valence electrons. The highest BCUT2D eigenvalue weighted by Crippen LogP contribution is 2.31. The van der Waals surface area contributed by atoms with Crippen molar-refractivity contribution in [1.82, 2.24) is 14.2 Å². The maximum absolute atomic E-state index is 13.4. The molecule has 6 rings (SSSR count). The number of fused-ring (bicyclic) bond motifs is 1. The van der Waals surface area contributed by atoms with Gasteiger partial charge in [0.1, 0.15) is 5.01 Å². The second-order valence-corrected chi connectivity index (χ2v) is 13.2. The van der Waals surface area contributed by atoms with Gasteiger partial charge < -0.3 is 5.32 Å². The molecule has 0 unspecified atom stereocenters. The number of carbonyl (C=O) groups excluding carboxylic acids is 1. The van der Waals surface area contributed by atoms with Crippen molar-refractivity contribution in [2.75, 3.05) is 31.5 Å². The van der Waals surface area contributed by atoms with Crippen LogP contribution in [0.4, 0.5) is 5.69 Å². The van der Waals surface area contributed by atoms with E-state index >= 15 is 0 Å². The number of aromatic nitrogens is 1. The fraction of sp³-hybridized carbons (Fsp3) is 0.188. The van der Waals surface area contributed by atoms with Crippen molar-refractivity contribution < 1.29 is 13.2 Å². The highest BCUT2D eigenvalue weighted by molar-refractivity contribution is 7.89. The highest BCUT2D eigenvalue weighted by atomic mass is 32.2. The molecule has 1 fully saturated rings. The Bertz CT molecular complexity index is 1790. The predicted octanol–water partition coefficient (Wildman–Crippen LogP) is 6.03. The molecule has 1 amide bonds. The third kappa shape index (κ3) is 6.08. The third-order valence-corrected chi connectivity index (χ3v) is 10.2. The van der Waals surface area contributed by atoms with E-state index in [-0.39, 0.29) is 10.8 Å². The zero-order valence-corrected chi connectivity index (χ0v) is 24.3. The Morgan fingerprint density at radius 3 is 2.39 bits per heavy atom. The Kier molecular flexibility index (Phi) is 7.68. The molecule has 1 aromatic heterocycles. The number of piperazine rings is 1. The first-order chi connectivity index (χ1) is 19.8. The van der Waals surface area contributed by atoms with E-state index < -0.39 is 10.0 Å². The molecule has 1 saturated heterocycles. The van der Waals surface area contributed by atoms with Crippen LogP contribution in [0.5, 0.6) is 0 Å². The largest absolute Gasteiger partial charge is 0.322 e. The Hall–Kier alpha value is -3.89. The summed E-state index contributed by atoms with van der Waals surface area (Å²) in [6, 6.07) is 30.2. The average molecular weight is 583 g/mol. The number of nitrogens with one attached hydrogen (secondary N) is 1. The van der Waals surface area contributed by atoms with Gasteiger partial charge in [-0.3, -0.25) is 9.69 Å². The highest BCUT2D eigenvalue weighted by Gasteiger charge is 2.29. The first kappa shape index (κ1) is 27.3. The number of amides is 1. The Balaban J connectivity index is 1.10. The van der Waals surface area contributed by atoms with E-state index in [1.165, 1.54) is 21.5 Å². The van der Waals surface area contributed by atoms with Gasteiger partial charge in [0.15, 0.2) is 0 Å². The number of aryl methyl sites for hydroxylation is 1. The van der Waals surface area contributed by atoms with Crippen molar-refractivity contribution in [3.05, 3.63) is 114 Å². The summed E-state index contributed by atoms with van der Waals surface area (Å²) in [5.74, 6) is -0.363. The summed E-state index contributed by atoms with van der Waals surface area (Å²) in [6.07, 6.45) is 0. The Morgan fingerprint density at radius 2 is 1.63 bits per heavy atom. The summed E-state index contributed by atoms with van der Waals surface area (Å²) in [6.45, 7) is 4.99. The minimum absolute atomic E-state index is 0.128. The van der Waals surface area contributed by atoms with Crippen LogP contribution in [0.1, 0.15) is 21.5 Å². The van der Waals surface area contributed by atoms with Gasteiger partial charge in [0.2, 0.25) is 10.0 Å². The second-order valence-electron chi connectivity index (χ2n) is 10.2. The first-order valence-electron chi connectivity index (χ1n) is 13.5. The van der Waals surface area contributed by atoms with Gasteiger partial charge >= 0.3 is 0 Å². The first-order valence-corrected chi connectivity index (χ1v) is 15.8. The lowest BCUT2D eigenvalue weighted by Gasteiger charge is -2.34. The third-order valence-electron chi connectivity index (χ3n) is 7.25. The summed E-state index contributed by atoms with van der Waals surface area (Å²) in [4.78, 5) is 20.2. The van der Waals surface area contributed by atoms with Crippen LogP contribution in [0.2, 0.25) is 0 Å². The predicted molar refractivity (Wildman–Crippen MR) is 165 cm³/mol. The number of benzene rings is 4. The molecule has 0 radical (unpaired) electrons. The lowest BCUT2D eigenvalue weighted by molar-refractivity contribution is 0.102. The van der Waals surface area contributed by atoms with Crippen LogP contribution in [0.15, 0.2) is 102 Å². The van der Waals surface area contributed by atoms with Crippen LogP contribution in [0.25, 0.3) is 20.8 Å². The molecule has 9 heteroatoms. The molecule has 1 aliphatic rings. The van der Waals surface area contributed by atoms with Gasteiger partial charge in [-0.2, -0.15) is 4.31 Å². The lowest BCUT2D eigenvalue weighted by Crippen LogP contribution is -2.48. The molecule has 4 aromatic carbocycles. The number of thiazole rings is 1. The molecule has 0 bridgehead atoms. The van der Waals surface area contributed by atoms with Crippen LogP contribution in [-0.4, -0.2) is 54.7 Å². The number of sulfonamides is 1. The van der Waals surface area contributed by atoms with Gasteiger partial charge in [-0.15, -0.1) is 11.3 Å². The summed E-state index contributed by atoms with van der Waals surface area (Å²) in [7, 11) is -3.72. The van der Waals surface area contributed by atoms with Crippen molar-refractivity contribution in [2.45, 2.75) is 18.4 Å². The number of anilines is 1. The van der Waals surface area contributed by atoms with E-state index in [9.17, 15) is 13.2 Å². The summed E-state index contributed by atoms with van der Waals surface area (Å²) >= 11 is 1.63. The number of nitrogens with zero attached hydrogens (tertiary/aromatic N) is 3. The molecular formula is C32H30N4O3S2. The van der Waals surface area contributed by atoms with Gasteiger partial charge in [-0.05, 0) is 72.6 Å². The van der Waals surface area contributed by atoms with Crippen molar-refractivity contribution >= 4 is 43.2 Å². The molecule has 0 aliphatic carbocycles. The molecule has 5 aromatic rings. The smallest absolute Gasteiger partial charge is 0.255 e. The Labute approximate surface area is 244 Å². The summed E-state index contributed by atoms with van der Waals surface area (Å²) in [5.41, 5.74) is 5.27. The number of hydrogen-bond acceptors (Lipinski definition) is 6. The van der Waals surface area contributed by atoms with E-state index in [0.29, 0.717) is 37.4 Å². The van der Waals surface area contributed by atoms with Crippen molar-refractivity contribution in [1.29, 1.82) is 0 Å². The number of rotatable bonds is 7. The topological polar surface area (TPSA) is 82.6 Å². The van der Waals surface area contributed by atoms with Crippen LogP contribution in [0, 0.1) is 6.92 Å². The van der Waals surface area contributed by atoms with E-state index in [0.717, 1.165) is 27.3 Å². The normalized spacial score (nSPS) is 14.8. The van der Waals surface area contributed by atoms with Crippen LogP contribution >= 0.6 is 11.3 Å². The van der Waals surface area contributed by atoms with Crippen molar-refractivity contribution in [3.63, 3.8) is 0 Å². The number of carbonyl (C=O) groups is 1. The van der Waals surface area contributed by atoms with Gasteiger partial charge in [0.25, 0.3) is 5.91 Å². The van der Waals surface area contributed by atoms with Crippen LogP contribution < -0.4 is 5.32 Å². The maximum atomic E-state index is 13.4. The fourth-order valence-corrected chi connectivity index (χ4v) is 7.51. The summed E-state index contributed by atoms with van der Waals surface area (Å²) < 4.78 is 29.5. The Morgan fingerprint density at radius 1 is 0.878 bits per heavy atom. The zero-order chi connectivity index (χ0) is 28.4. The second kappa shape index (κ2) is 11.5. The van der Waals surface area contributed by atoms with E-state index in [4.69, 9.17) is 4.98 Å². The fourth-order valence-electron chi connectivity index (χ4n) is 4.97. The van der Waals surface area contributed by atoms with Crippen molar-refractivity contribution in [2.24, 2.45) is 0 Å². The SMILES string of the molecule is Cc1ccc2nc(-c3ccc(NC(=O)c4cccc(S(=O)(=O)N5CCN(Cc6ccccc6)CC5)c4)cc3)sc2c1. The molecule has 0 atom stereocenters. The van der Waals surface area contributed by atoms with Gasteiger partial charge in [0.05, 0.1) is 15.1 Å². The average Bonchev–Trinajstić information content (AvgIpc) is 3.42. The van der Waals surface area contributed by atoms with E-state index in [1.54, 1.807) is 29.5 Å². The van der Waals surface area contributed by atoms with Crippen LogP contribution in [-0.2, 0) is 16.6 Å². The van der Waals surface area contributed by atoms with E-state index in [2.05, 4.69) is 41.4 Å². The van der Waals surface area contributed by atoms with Gasteiger partial charge in [-0.25, -0.2) is 13.4 Å². The monoisotopic (exact) mass is 582 g/mol. The molecule has 2 heterocycles. The molecule has 0 spiro atoms. The van der Waals surface area contributed by atoms with Crippen LogP contribution in [0.3, 0.4) is 0 Å². The summed E-state index contributed by atoms with van der Waals surface area (Å²) in [5, 5.41) is 3.81. The molecule has 0 saturated carbocycles. The van der Waals surface area contributed by atoms with Gasteiger partial charge in [-0.1, -0.05) is 42.5 Å². The molecule has 7 nitrogen and oxygen atoms in total. The molecule has 1 aliphatic heterocycles. The minimum Gasteiger partial charge on any atom is -0.322 e. The lowest BCUT2D eigenvalue weighted by atomic mass is 10.2. The minimum atomic E-state index is -3.72. The molecular weight excluding hydrogens is 553 g/mol. The quantitative estimate of drug-likeness (QED) is 0.253. The molecule has 41 heavy (non-hydrogen) atoms. The van der Waals surface area contributed by atoms with Gasteiger partial charge in [0, 0.05) is 49.5 Å². The zero-order valence-electron chi connectivity index (χ0n) is 22.7. The molecule has 1 N–H and O–H groups in total.